The van der Waals surface area contributed by atoms with Crippen molar-refractivity contribution in [1.82, 2.24) is 4.90 Å². The van der Waals surface area contributed by atoms with E-state index in [1.54, 1.807) is 20.8 Å². The maximum Gasteiger partial charge on any atom is 1.00 e. The first-order valence-corrected chi connectivity index (χ1v) is 5.02. The van der Waals surface area contributed by atoms with Crippen LogP contribution in [-0.2, 0) is 9.53 Å². The maximum absolute atomic E-state index is 13.6. The van der Waals surface area contributed by atoms with Crippen LogP contribution in [0.4, 0.5) is 9.18 Å². The molecule has 0 saturated carbocycles. The average Bonchev–Trinajstić information content (AvgIpc) is 2.46. The first kappa shape index (κ1) is 16.3. The standard InChI is InChI=1S/C10H16FNO4.Li/c1-9(2,3)16-8(15)12-5-4-10(11,6-12)7(13)14;/h4-6H2,1-3H3,(H,13,14);/q;+1/p-1/t10-;/m1./s1. The van der Waals surface area contributed by atoms with Gasteiger partial charge in [0.15, 0.2) is 5.67 Å². The molecule has 17 heavy (non-hydrogen) atoms. The van der Waals surface area contributed by atoms with E-state index in [2.05, 4.69) is 0 Å². The molecule has 1 aliphatic rings. The zero-order valence-electron chi connectivity index (χ0n) is 10.6. The molecule has 1 amide bonds. The van der Waals surface area contributed by atoms with Gasteiger partial charge in [0.05, 0.1) is 12.5 Å². The number of ether oxygens (including phenoxy) is 1. The Kier molecular flexibility index (Phi) is 5.05. The van der Waals surface area contributed by atoms with Gasteiger partial charge in [0.1, 0.15) is 5.60 Å². The van der Waals surface area contributed by atoms with Crippen LogP contribution in [0.3, 0.4) is 0 Å². The second kappa shape index (κ2) is 5.28. The van der Waals surface area contributed by atoms with E-state index in [-0.39, 0.29) is 31.8 Å². The summed E-state index contributed by atoms with van der Waals surface area (Å²) < 4.78 is 18.6. The Labute approximate surface area is 111 Å². The van der Waals surface area contributed by atoms with E-state index in [0.717, 1.165) is 4.90 Å². The number of alkyl halides is 1. The molecule has 0 aliphatic carbocycles. The molecule has 1 aliphatic heterocycles. The fourth-order valence-electron chi connectivity index (χ4n) is 1.42. The van der Waals surface area contributed by atoms with Crippen molar-refractivity contribution in [2.24, 2.45) is 0 Å². The van der Waals surface area contributed by atoms with Gasteiger partial charge in [-0.2, -0.15) is 0 Å². The van der Waals surface area contributed by atoms with Crippen molar-refractivity contribution in [3.63, 3.8) is 0 Å². The van der Waals surface area contributed by atoms with Crippen LogP contribution in [0.1, 0.15) is 27.2 Å². The van der Waals surface area contributed by atoms with Crippen molar-refractivity contribution in [2.75, 3.05) is 13.1 Å². The van der Waals surface area contributed by atoms with Crippen molar-refractivity contribution in [2.45, 2.75) is 38.5 Å². The molecule has 0 N–H and O–H groups in total. The molecule has 0 aromatic carbocycles. The molecule has 92 valence electrons. The molecular weight excluding hydrogens is 224 g/mol. The van der Waals surface area contributed by atoms with Crippen molar-refractivity contribution >= 4 is 12.1 Å². The summed E-state index contributed by atoms with van der Waals surface area (Å²) in [6.07, 6.45) is -0.956. The Balaban J connectivity index is 0.00000256. The Bertz CT molecular complexity index is 318. The van der Waals surface area contributed by atoms with E-state index < -0.39 is 29.9 Å². The molecule has 0 unspecified atom stereocenters. The summed E-state index contributed by atoms with van der Waals surface area (Å²) in [4.78, 5) is 23.0. The molecule has 0 radical (unpaired) electrons. The van der Waals surface area contributed by atoms with Gasteiger partial charge in [0, 0.05) is 13.0 Å². The van der Waals surface area contributed by atoms with E-state index in [1.807, 2.05) is 0 Å². The summed E-state index contributed by atoms with van der Waals surface area (Å²) >= 11 is 0. The van der Waals surface area contributed by atoms with Crippen LogP contribution in [-0.4, -0.2) is 41.3 Å². The monoisotopic (exact) mass is 239 g/mol. The molecule has 0 bridgehead atoms. The maximum atomic E-state index is 13.6. The van der Waals surface area contributed by atoms with E-state index in [9.17, 15) is 19.1 Å². The van der Waals surface area contributed by atoms with Crippen LogP contribution in [0, 0.1) is 0 Å². The number of carboxylic acid groups (broad SMARTS) is 1. The summed E-state index contributed by atoms with van der Waals surface area (Å²) in [6, 6.07) is 0. The quantitative estimate of drug-likeness (QED) is 0.460. The number of carbonyl (C=O) groups is 2. The first-order chi connectivity index (χ1) is 7.14. The number of amides is 1. The van der Waals surface area contributed by atoms with Gasteiger partial charge in [0.25, 0.3) is 0 Å². The van der Waals surface area contributed by atoms with Gasteiger partial charge in [-0.25, -0.2) is 9.18 Å². The summed E-state index contributed by atoms with van der Waals surface area (Å²) in [7, 11) is 0. The van der Waals surface area contributed by atoms with Gasteiger partial charge in [0.2, 0.25) is 0 Å². The largest absolute Gasteiger partial charge is 1.00 e. The van der Waals surface area contributed by atoms with Crippen LogP contribution in [0.25, 0.3) is 0 Å². The minimum absolute atomic E-state index is 0. The first-order valence-electron chi connectivity index (χ1n) is 5.02. The zero-order chi connectivity index (χ0) is 12.6. The molecule has 1 atom stereocenters. The summed E-state index contributed by atoms with van der Waals surface area (Å²) in [5.74, 6) is -1.78. The molecule has 0 spiro atoms. The number of nitrogens with zero attached hydrogens (tertiary/aromatic N) is 1. The Morgan fingerprint density at radius 2 is 1.94 bits per heavy atom. The number of carbonyl (C=O) groups excluding carboxylic acids is 2. The van der Waals surface area contributed by atoms with Crippen LogP contribution in [0.5, 0.6) is 0 Å². The second-order valence-corrected chi connectivity index (χ2v) is 4.90. The SMILES string of the molecule is CC(C)(C)OC(=O)N1CC[C@](F)(C(=O)[O-])C1.[Li+]. The molecule has 0 aromatic heterocycles. The van der Waals surface area contributed by atoms with E-state index in [0.29, 0.717) is 0 Å². The van der Waals surface area contributed by atoms with E-state index >= 15 is 0 Å². The summed E-state index contributed by atoms with van der Waals surface area (Å²) in [5.41, 5.74) is -3.13. The molecule has 1 fully saturated rings. The van der Waals surface area contributed by atoms with Crippen molar-refractivity contribution in [3.8, 4) is 0 Å². The molecule has 0 aromatic rings. The predicted molar refractivity (Wildman–Crippen MR) is 51.3 cm³/mol. The molecule has 1 rings (SSSR count). The number of likely N-dealkylation sites (tertiary alicyclic amines) is 1. The molecule has 1 heterocycles. The van der Waals surface area contributed by atoms with Crippen LogP contribution < -0.4 is 24.0 Å². The minimum atomic E-state index is -2.45. The third kappa shape index (κ3) is 4.21. The topological polar surface area (TPSA) is 69.7 Å². The van der Waals surface area contributed by atoms with Gasteiger partial charge in [-0.3, -0.25) is 0 Å². The number of aliphatic carboxylic acids is 1. The average molecular weight is 239 g/mol. The fourth-order valence-corrected chi connectivity index (χ4v) is 1.42. The number of hydrogen-bond donors (Lipinski definition) is 0. The molecular formula is C10H15FLiNO4. The summed E-state index contributed by atoms with van der Waals surface area (Å²) in [6.45, 7) is 4.57. The van der Waals surface area contributed by atoms with Gasteiger partial charge in [-0.1, -0.05) is 0 Å². The van der Waals surface area contributed by atoms with Crippen molar-refractivity contribution < 1.29 is 42.7 Å². The normalized spacial score (nSPS) is 24.1. The number of halogens is 1. The van der Waals surface area contributed by atoms with Gasteiger partial charge < -0.3 is 19.5 Å². The number of rotatable bonds is 1. The molecule has 1 saturated heterocycles. The predicted octanol–water partition coefficient (Wildman–Crippen LogP) is -2.91. The van der Waals surface area contributed by atoms with Gasteiger partial charge in [-0.05, 0) is 20.8 Å². The zero-order valence-corrected chi connectivity index (χ0v) is 10.6. The third-order valence-corrected chi connectivity index (χ3v) is 2.24. The third-order valence-electron chi connectivity index (χ3n) is 2.24. The smallest absolute Gasteiger partial charge is 0.547 e. The number of hydrogen-bond acceptors (Lipinski definition) is 4. The second-order valence-electron chi connectivity index (χ2n) is 4.90. The van der Waals surface area contributed by atoms with Crippen LogP contribution in [0.15, 0.2) is 0 Å². The molecule has 5 nitrogen and oxygen atoms in total. The fraction of sp³-hybridized carbons (Fsp3) is 0.800. The molecule has 7 heteroatoms. The van der Waals surface area contributed by atoms with Crippen LogP contribution >= 0.6 is 0 Å². The van der Waals surface area contributed by atoms with Gasteiger partial charge >= 0.3 is 25.0 Å². The summed E-state index contributed by atoms with van der Waals surface area (Å²) in [5, 5.41) is 10.5. The Hall–Kier alpha value is -0.733. The van der Waals surface area contributed by atoms with E-state index in [1.165, 1.54) is 0 Å². The minimum Gasteiger partial charge on any atom is -0.547 e. The van der Waals surface area contributed by atoms with E-state index in [4.69, 9.17) is 4.74 Å². The Morgan fingerprint density at radius 1 is 1.41 bits per heavy atom. The number of carboxylic acids is 1. The van der Waals surface area contributed by atoms with Gasteiger partial charge in [-0.15, -0.1) is 0 Å². The van der Waals surface area contributed by atoms with Crippen molar-refractivity contribution in [1.29, 1.82) is 0 Å². The van der Waals surface area contributed by atoms with Crippen LogP contribution in [0.2, 0.25) is 0 Å². The Morgan fingerprint density at radius 3 is 2.29 bits per heavy atom. The van der Waals surface area contributed by atoms with Crippen molar-refractivity contribution in [3.05, 3.63) is 0 Å².